The molecule has 0 aliphatic carbocycles. The summed E-state index contributed by atoms with van der Waals surface area (Å²) in [4.78, 5) is 4.66. The summed E-state index contributed by atoms with van der Waals surface area (Å²) in [6.07, 6.45) is 1.07. The summed E-state index contributed by atoms with van der Waals surface area (Å²) in [5, 5.41) is 3.33. The van der Waals surface area contributed by atoms with Gasteiger partial charge in [0.25, 0.3) is 0 Å². The van der Waals surface area contributed by atoms with Gasteiger partial charge in [-0.3, -0.25) is 0 Å². The first-order valence-electron chi connectivity index (χ1n) is 6.34. The van der Waals surface area contributed by atoms with Gasteiger partial charge in [0.1, 0.15) is 5.82 Å². The van der Waals surface area contributed by atoms with Crippen LogP contribution in [0.4, 0.5) is 5.82 Å². The summed E-state index contributed by atoms with van der Waals surface area (Å²) >= 11 is 0. The highest BCUT2D eigenvalue weighted by atomic mass is 15.0. The van der Waals surface area contributed by atoms with Crippen LogP contribution in [0.15, 0.2) is 42.5 Å². The van der Waals surface area contributed by atoms with E-state index in [4.69, 9.17) is 5.73 Å². The molecule has 1 aromatic carbocycles. The van der Waals surface area contributed by atoms with Gasteiger partial charge < -0.3 is 11.1 Å². The van der Waals surface area contributed by atoms with Crippen molar-refractivity contribution in [3.63, 3.8) is 0 Å². The third-order valence-electron chi connectivity index (χ3n) is 2.81. The summed E-state index contributed by atoms with van der Waals surface area (Å²) in [7, 11) is 0. The average Bonchev–Trinajstić information content (AvgIpc) is 2.45. The zero-order valence-electron chi connectivity index (χ0n) is 10.7. The SMILES string of the molecule is CCCNc1nc(-c2ccccc2)ccc1CN. The van der Waals surface area contributed by atoms with Crippen LogP contribution in [0.2, 0.25) is 0 Å². The first kappa shape index (κ1) is 12.6. The molecule has 0 spiro atoms. The maximum absolute atomic E-state index is 5.73. The van der Waals surface area contributed by atoms with Crippen molar-refractivity contribution in [2.45, 2.75) is 19.9 Å². The molecule has 0 bridgehead atoms. The fourth-order valence-corrected chi connectivity index (χ4v) is 1.82. The van der Waals surface area contributed by atoms with Crippen molar-refractivity contribution in [1.29, 1.82) is 0 Å². The minimum absolute atomic E-state index is 0.508. The van der Waals surface area contributed by atoms with E-state index in [1.165, 1.54) is 0 Å². The van der Waals surface area contributed by atoms with Crippen LogP contribution in [0.5, 0.6) is 0 Å². The van der Waals surface area contributed by atoms with Crippen LogP contribution in [-0.4, -0.2) is 11.5 Å². The summed E-state index contributed by atoms with van der Waals surface area (Å²) in [5.74, 6) is 0.903. The van der Waals surface area contributed by atoms with Crippen molar-refractivity contribution in [2.75, 3.05) is 11.9 Å². The van der Waals surface area contributed by atoms with Crippen molar-refractivity contribution in [1.82, 2.24) is 4.98 Å². The van der Waals surface area contributed by atoms with Gasteiger partial charge in [-0.25, -0.2) is 4.98 Å². The smallest absolute Gasteiger partial charge is 0.131 e. The van der Waals surface area contributed by atoms with Gasteiger partial charge in [0, 0.05) is 24.2 Å². The topological polar surface area (TPSA) is 50.9 Å². The molecular weight excluding hydrogens is 222 g/mol. The van der Waals surface area contributed by atoms with Crippen molar-refractivity contribution in [3.8, 4) is 11.3 Å². The van der Waals surface area contributed by atoms with Gasteiger partial charge in [-0.2, -0.15) is 0 Å². The Hall–Kier alpha value is -1.87. The number of nitrogens with zero attached hydrogens (tertiary/aromatic N) is 1. The van der Waals surface area contributed by atoms with Crippen LogP contribution in [0.3, 0.4) is 0 Å². The Morgan fingerprint density at radius 3 is 2.56 bits per heavy atom. The predicted octanol–water partition coefficient (Wildman–Crippen LogP) is 3.03. The molecule has 3 N–H and O–H groups in total. The Morgan fingerprint density at radius 2 is 1.89 bits per heavy atom. The lowest BCUT2D eigenvalue weighted by atomic mass is 10.1. The lowest BCUT2D eigenvalue weighted by Gasteiger charge is -2.11. The molecule has 3 heteroatoms. The van der Waals surface area contributed by atoms with Crippen LogP contribution in [0, 0.1) is 0 Å². The van der Waals surface area contributed by atoms with Crippen LogP contribution >= 0.6 is 0 Å². The summed E-state index contributed by atoms with van der Waals surface area (Å²) < 4.78 is 0. The molecule has 3 nitrogen and oxygen atoms in total. The normalized spacial score (nSPS) is 10.3. The summed E-state index contributed by atoms with van der Waals surface area (Å²) in [6, 6.07) is 14.2. The second kappa shape index (κ2) is 6.17. The van der Waals surface area contributed by atoms with Crippen molar-refractivity contribution in [3.05, 3.63) is 48.0 Å². The lowest BCUT2D eigenvalue weighted by molar-refractivity contribution is 0.953. The number of hydrogen-bond donors (Lipinski definition) is 2. The van der Waals surface area contributed by atoms with Gasteiger partial charge in [-0.15, -0.1) is 0 Å². The van der Waals surface area contributed by atoms with Crippen LogP contribution in [-0.2, 0) is 6.54 Å². The molecular formula is C15H19N3. The molecule has 0 unspecified atom stereocenters. The third-order valence-corrected chi connectivity index (χ3v) is 2.81. The molecule has 18 heavy (non-hydrogen) atoms. The average molecular weight is 241 g/mol. The number of nitrogens with one attached hydrogen (secondary N) is 1. The number of benzene rings is 1. The largest absolute Gasteiger partial charge is 0.370 e. The molecule has 1 heterocycles. The van der Waals surface area contributed by atoms with E-state index in [-0.39, 0.29) is 0 Å². The van der Waals surface area contributed by atoms with E-state index in [1.54, 1.807) is 0 Å². The van der Waals surface area contributed by atoms with Gasteiger partial charge in [0.15, 0.2) is 0 Å². The van der Waals surface area contributed by atoms with E-state index >= 15 is 0 Å². The van der Waals surface area contributed by atoms with E-state index < -0.39 is 0 Å². The second-order valence-corrected chi connectivity index (χ2v) is 4.20. The minimum Gasteiger partial charge on any atom is -0.370 e. The van der Waals surface area contributed by atoms with Crippen LogP contribution in [0.25, 0.3) is 11.3 Å². The molecule has 2 rings (SSSR count). The summed E-state index contributed by atoms with van der Waals surface area (Å²) in [5.41, 5.74) is 8.89. The number of pyridine rings is 1. The fraction of sp³-hybridized carbons (Fsp3) is 0.267. The monoisotopic (exact) mass is 241 g/mol. The number of anilines is 1. The number of hydrogen-bond acceptors (Lipinski definition) is 3. The van der Waals surface area contributed by atoms with E-state index in [2.05, 4.69) is 29.4 Å². The van der Waals surface area contributed by atoms with Gasteiger partial charge >= 0.3 is 0 Å². The van der Waals surface area contributed by atoms with Gasteiger partial charge in [0.05, 0.1) is 5.69 Å². The maximum atomic E-state index is 5.73. The predicted molar refractivity (Wildman–Crippen MR) is 76.3 cm³/mol. The van der Waals surface area contributed by atoms with E-state index in [0.29, 0.717) is 6.54 Å². The highest BCUT2D eigenvalue weighted by Crippen LogP contribution is 2.21. The Bertz CT molecular complexity index is 494. The maximum Gasteiger partial charge on any atom is 0.131 e. The highest BCUT2D eigenvalue weighted by Gasteiger charge is 2.05. The number of aromatic nitrogens is 1. The molecule has 0 atom stereocenters. The standard InChI is InChI=1S/C15H19N3/c1-2-10-17-15-13(11-16)8-9-14(18-15)12-6-4-3-5-7-12/h3-9H,2,10-11,16H2,1H3,(H,17,18). The molecule has 0 aliphatic heterocycles. The molecule has 0 radical (unpaired) electrons. The molecule has 1 aromatic heterocycles. The molecule has 2 aromatic rings. The van der Waals surface area contributed by atoms with Crippen molar-refractivity contribution in [2.24, 2.45) is 5.73 Å². The first-order valence-corrected chi connectivity index (χ1v) is 6.34. The van der Waals surface area contributed by atoms with Crippen LogP contribution in [0.1, 0.15) is 18.9 Å². The quantitative estimate of drug-likeness (QED) is 0.846. The summed E-state index contributed by atoms with van der Waals surface area (Å²) in [6.45, 7) is 3.56. The van der Waals surface area contributed by atoms with Crippen LogP contribution < -0.4 is 11.1 Å². The first-order chi connectivity index (χ1) is 8.85. The molecule has 0 amide bonds. The minimum atomic E-state index is 0.508. The lowest BCUT2D eigenvalue weighted by Crippen LogP contribution is -2.08. The third kappa shape index (κ3) is 2.87. The zero-order valence-corrected chi connectivity index (χ0v) is 10.7. The highest BCUT2D eigenvalue weighted by molar-refractivity contribution is 5.62. The van der Waals surface area contributed by atoms with E-state index in [0.717, 1.165) is 35.6 Å². The Balaban J connectivity index is 2.33. The van der Waals surface area contributed by atoms with E-state index in [1.807, 2.05) is 30.3 Å². The molecule has 0 fully saturated rings. The fourth-order valence-electron chi connectivity index (χ4n) is 1.82. The van der Waals surface area contributed by atoms with Crippen molar-refractivity contribution >= 4 is 5.82 Å². The Kier molecular flexibility index (Phi) is 4.31. The molecule has 0 saturated carbocycles. The van der Waals surface area contributed by atoms with Crippen molar-refractivity contribution < 1.29 is 0 Å². The van der Waals surface area contributed by atoms with Gasteiger partial charge in [0.2, 0.25) is 0 Å². The number of nitrogens with two attached hydrogens (primary N) is 1. The zero-order chi connectivity index (χ0) is 12.8. The number of rotatable bonds is 5. The Morgan fingerprint density at radius 1 is 1.11 bits per heavy atom. The molecule has 0 saturated heterocycles. The van der Waals surface area contributed by atoms with E-state index in [9.17, 15) is 0 Å². The molecule has 94 valence electrons. The molecule has 0 aliphatic rings. The van der Waals surface area contributed by atoms with Gasteiger partial charge in [-0.1, -0.05) is 43.3 Å². The Labute approximate surface area is 108 Å². The van der Waals surface area contributed by atoms with Gasteiger partial charge in [-0.05, 0) is 12.5 Å². The second-order valence-electron chi connectivity index (χ2n) is 4.20.